The van der Waals surface area contributed by atoms with Crippen LogP contribution in [0.1, 0.15) is 12.8 Å². The van der Waals surface area contributed by atoms with E-state index in [-0.39, 0.29) is 15.8 Å². The number of benzene rings is 1. The lowest BCUT2D eigenvalue weighted by Gasteiger charge is -2.35. The molecule has 1 aliphatic heterocycles. The highest BCUT2D eigenvalue weighted by Gasteiger charge is 2.36. The SMILES string of the molecule is O=S(=O)(NC1(CCl)CCOCC1)c1ccccc1Cl. The molecular formula is C12H15Cl2NO3S. The van der Waals surface area contributed by atoms with Crippen molar-refractivity contribution >= 4 is 33.2 Å². The van der Waals surface area contributed by atoms with E-state index in [1.54, 1.807) is 18.2 Å². The van der Waals surface area contributed by atoms with Crippen LogP contribution in [-0.2, 0) is 14.8 Å². The number of hydrogen-bond acceptors (Lipinski definition) is 3. The fourth-order valence-electron chi connectivity index (χ4n) is 2.03. The maximum absolute atomic E-state index is 12.4. The molecule has 1 N–H and O–H groups in total. The van der Waals surface area contributed by atoms with Crippen LogP contribution in [0.4, 0.5) is 0 Å². The lowest BCUT2D eigenvalue weighted by atomic mass is 9.94. The van der Waals surface area contributed by atoms with E-state index in [9.17, 15) is 8.42 Å². The Balaban J connectivity index is 2.28. The summed E-state index contributed by atoms with van der Waals surface area (Å²) in [5.41, 5.74) is -0.655. The summed E-state index contributed by atoms with van der Waals surface area (Å²) in [5.74, 6) is 0.208. The van der Waals surface area contributed by atoms with E-state index in [0.717, 1.165) is 0 Å². The average Bonchev–Trinajstić information content (AvgIpc) is 2.39. The van der Waals surface area contributed by atoms with Crippen LogP contribution >= 0.6 is 23.2 Å². The Bertz CT molecular complexity index is 542. The molecule has 19 heavy (non-hydrogen) atoms. The molecule has 0 aromatic heterocycles. The largest absolute Gasteiger partial charge is 0.381 e. The van der Waals surface area contributed by atoms with Crippen molar-refractivity contribution in [3.05, 3.63) is 29.3 Å². The van der Waals surface area contributed by atoms with Gasteiger partial charge in [0.15, 0.2) is 0 Å². The zero-order valence-corrected chi connectivity index (χ0v) is 12.6. The highest BCUT2D eigenvalue weighted by atomic mass is 35.5. The molecule has 1 aromatic carbocycles. The fourth-order valence-corrected chi connectivity index (χ4v) is 4.42. The summed E-state index contributed by atoms with van der Waals surface area (Å²) >= 11 is 11.9. The monoisotopic (exact) mass is 323 g/mol. The van der Waals surface area contributed by atoms with Crippen molar-refractivity contribution in [1.82, 2.24) is 4.72 Å². The van der Waals surface area contributed by atoms with Gasteiger partial charge < -0.3 is 4.74 Å². The third kappa shape index (κ3) is 3.41. The zero-order chi connectivity index (χ0) is 13.9. The van der Waals surface area contributed by atoms with Gasteiger partial charge in [-0.2, -0.15) is 0 Å². The Morgan fingerprint density at radius 3 is 2.47 bits per heavy atom. The molecule has 2 rings (SSSR count). The third-order valence-electron chi connectivity index (χ3n) is 3.18. The van der Waals surface area contributed by atoms with Crippen molar-refractivity contribution in [2.45, 2.75) is 23.3 Å². The molecule has 0 radical (unpaired) electrons. The van der Waals surface area contributed by atoms with Crippen LogP contribution < -0.4 is 4.72 Å². The molecule has 0 spiro atoms. The van der Waals surface area contributed by atoms with E-state index < -0.39 is 15.6 Å². The molecule has 1 heterocycles. The van der Waals surface area contributed by atoms with Gasteiger partial charge in [0.1, 0.15) is 4.90 Å². The smallest absolute Gasteiger partial charge is 0.242 e. The van der Waals surface area contributed by atoms with Crippen LogP contribution in [0.15, 0.2) is 29.2 Å². The molecule has 7 heteroatoms. The topological polar surface area (TPSA) is 55.4 Å². The molecule has 1 fully saturated rings. The van der Waals surface area contributed by atoms with Crippen LogP contribution in [0.2, 0.25) is 5.02 Å². The summed E-state index contributed by atoms with van der Waals surface area (Å²) in [6.45, 7) is 0.996. The van der Waals surface area contributed by atoms with E-state index in [1.165, 1.54) is 6.07 Å². The van der Waals surface area contributed by atoms with Crippen LogP contribution in [0.25, 0.3) is 0 Å². The molecule has 0 unspecified atom stereocenters. The first-order valence-electron chi connectivity index (χ1n) is 5.91. The molecular weight excluding hydrogens is 309 g/mol. The van der Waals surface area contributed by atoms with Crippen molar-refractivity contribution in [1.29, 1.82) is 0 Å². The number of ether oxygens (including phenoxy) is 1. The maximum atomic E-state index is 12.4. The minimum absolute atomic E-state index is 0.0765. The second-order valence-corrected chi connectivity index (χ2v) is 6.89. The number of alkyl halides is 1. The molecule has 0 atom stereocenters. The van der Waals surface area contributed by atoms with Crippen LogP contribution in [0.5, 0.6) is 0 Å². The Morgan fingerprint density at radius 1 is 1.26 bits per heavy atom. The van der Waals surface area contributed by atoms with Gasteiger partial charge in [-0.05, 0) is 25.0 Å². The van der Waals surface area contributed by atoms with Gasteiger partial charge in [0, 0.05) is 19.1 Å². The quantitative estimate of drug-likeness (QED) is 0.866. The van der Waals surface area contributed by atoms with E-state index in [4.69, 9.17) is 27.9 Å². The standard InChI is InChI=1S/C12H15Cl2NO3S/c13-9-12(5-7-18-8-6-12)15-19(16,17)11-4-2-1-3-10(11)14/h1-4,15H,5-9H2. The molecule has 0 aliphatic carbocycles. The summed E-state index contributed by atoms with van der Waals surface area (Å²) in [5, 5.41) is 0.201. The van der Waals surface area contributed by atoms with Gasteiger partial charge in [-0.1, -0.05) is 23.7 Å². The number of hydrogen-bond donors (Lipinski definition) is 1. The van der Waals surface area contributed by atoms with Crippen LogP contribution in [0.3, 0.4) is 0 Å². The fraction of sp³-hybridized carbons (Fsp3) is 0.500. The molecule has 0 bridgehead atoms. The minimum Gasteiger partial charge on any atom is -0.381 e. The number of halogens is 2. The minimum atomic E-state index is -3.68. The summed E-state index contributed by atoms with van der Waals surface area (Å²) < 4.78 is 32.7. The van der Waals surface area contributed by atoms with E-state index in [1.807, 2.05) is 0 Å². The molecule has 4 nitrogen and oxygen atoms in total. The number of nitrogens with one attached hydrogen (secondary N) is 1. The van der Waals surface area contributed by atoms with Gasteiger partial charge in [0.2, 0.25) is 10.0 Å². The summed E-state index contributed by atoms with van der Waals surface area (Å²) in [7, 11) is -3.68. The Labute approximate surface area is 123 Å². The zero-order valence-electron chi connectivity index (χ0n) is 10.2. The number of sulfonamides is 1. The summed E-state index contributed by atoms with van der Waals surface area (Å²) in [6.07, 6.45) is 1.11. The van der Waals surface area contributed by atoms with Crippen molar-refractivity contribution in [3.8, 4) is 0 Å². The first kappa shape index (κ1) is 15.1. The first-order valence-corrected chi connectivity index (χ1v) is 8.31. The van der Waals surface area contributed by atoms with Gasteiger partial charge in [0.05, 0.1) is 10.6 Å². The maximum Gasteiger partial charge on any atom is 0.242 e. The molecule has 1 saturated heterocycles. The van der Waals surface area contributed by atoms with E-state index >= 15 is 0 Å². The molecule has 1 aromatic rings. The predicted octanol–water partition coefficient (Wildman–Crippen LogP) is 2.41. The van der Waals surface area contributed by atoms with Crippen molar-refractivity contribution in [2.24, 2.45) is 0 Å². The van der Waals surface area contributed by atoms with Gasteiger partial charge in [0.25, 0.3) is 0 Å². The van der Waals surface area contributed by atoms with Gasteiger partial charge in [-0.3, -0.25) is 0 Å². The van der Waals surface area contributed by atoms with Crippen LogP contribution in [0, 0.1) is 0 Å². The summed E-state index contributed by atoms with van der Waals surface area (Å²) in [4.78, 5) is 0.0765. The molecule has 1 aliphatic rings. The molecule has 0 saturated carbocycles. The Hall–Kier alpha value is -0.330. The Morgan fingerprint density at radius 2 is 1.89 bits per heavy atom. The summed E-state index contributed by atoms with van der Waals surface area (Å²) in [6, 6.07) is 6.35. The van der Waals surface area contributed by atoms with E-state index in [0.29, 0.717) is 26.1 Å². The van der Waals surface area contributed by atoms with Crippen molar-refractivity contribution < 1.29 is 13.2 Å². The lowest BCUT2D eigenvalue weighted by Crippen LogP contribution is -2.53. The average molecular weight is 324 g/mol. The van der Waals surface area contributed by atoms with Crippen LogP contribution in [-0.4, -0.2) is 33.1 Å². The van der Waals surface area contributed by atoms with Gasteiger partial charge >= 0.3 is 0 Å². The predicted molar refractivity (Wildman–Crippen MR) is 75.3 cm³/mol. The lowest BCUT2D eigenvalue weighted by molar-refractivity contribution is 0.0549. The number of rotatable bonds is 4. The third-order valence-corrected chi connectivity index (χ3v) is 5.77. The molecule has 106 valence electrons. The van der Waals surface area contributed by atoms with Gasteiger partial charge in [-0.25, -0.2) is 13.1 Å². The van der Waals surface area contributed by atoms with Crippen molar-refractivity contribution in [2.75, 3.05) is 19.1 Å². The highest BCUT2D eigenvalue weighted by molar-refractivity contribution is 7.89. The van der Waals surface area contributed by atoms with Gasteiger partial charge in [-0.15, -0.1) is 11.6 Å². The highest BCUT2D eigenvalue weighted by Crippen LogP contribution is 2.27. The second-order valence-electron chi connectivity index (χ2n) is 4.56. The Kier molecular flexibility index (Phi) is 4.74. The first-order chi connectivity index (χ1) is 8.99. The van der Waals surface area contributed by atoms with Crippen molar-refractivity contribution in [3.63, 3.8) is 0 Å². The van der Waals surface area contributed by atoms with E-state index in [2.05, 4.69) is 4.72 Å². The second kappa shape index (κ2) is 5.97. The normalized spacial score (nSPS) is 19.3. The molecule has 0 amide bonds.